The predicted molar refractivity (Wildman–Crippen MR) is 162 cm³/mol. The van der Waals surface area contributed by atoms with Crippen molar-refractivity contribution in [3.05, 3.63) is 0 Å². The highest BCUT2D eigenvalue weighted by atomic mass is 16.5. The maximum absolute atomic E-state index is 12.8. The van der Waals surface area contributed by atoms with Gasteiger partial charge in [0.2, 0.25) is 0 Å². The van der Waals surface area contributed by atoms with Crippen LogP contribution in [0.3, 0.4) is 0 Å². The van der Waals surface area contributed by atoms with Crippen LogP contribution in [0.5, 0.6) is 0 Å². The van der Waals surface area contributed by atoms with Crippen LogP contribution in [0, 0.1) is 0 Å². The Labute approximate surface area is 240 Å². The standard InChI is InChI=1S/C32H62N4O3/c1-2-3-4-5-6-7-8-9-10-11-12-13-14-15-16-18-23-33-31(37)36-27-19-17-22-30(36)29-39-32(38)34-24-28-35-25-20-21-26-35/h30H,2-29H2,1H3,(H,33,37)(H,34,38). The zero-order chi connectivity index (χ0) is 27.8. The van der Waals surface area contributed by atoms with Gasteiger partial charge in [-0.25, -0.2) is 9.59 Å². The van der Waals surface area contributed by atoms with Gasteiger partial charge in [-0.1, -0.05) is 103 Å². The van der Waals surface area contributed by atoms with E-state index in [1.807, 2.05) is 4.90 Å². The quantitative estimate of drug-likeness (QED) is 0.136. The van der Waals surface area contributed by atoms with Crippen molar-refractivity contribution in [3.8, 4) is 0 Å². The molecule has 2 rings (SSSR count). The van der Waals surface area contributed by atoms with E-state index in [1.165, 1.54) is 109 Å². The van der Waals surface area contributed by atoms with Crippen LogP contribution in [-0.4, -0.2) is 73.8 Å². The Morgan fingerprint density at radius 1 is 0.667 bits per heavy atom. The molecule has 39 heavy (non-hydrogen) atoms. The molecule has 1 atom stereocenters. The number of rotatable bonds is 22. The van der Waals surface area contributed by atoms with Crippen molar-refractivity contribution in [2.24, 2.45) is 0 Å². The zero-order valence-corrected chi connectivity index (χ0v) is 25.5. The SMILES string of the molecule is CCCCCCCCCCCCCCCCCCNC(=O)N1CCCCC1COC(=O)NCCN1CCCC1. The molecule has 2 aliphatic heterocycles. The van der Waals surface area contributed by atoms with Crippen LogP contribution >= 0.6 is 0 Å². The van der Waals surface area contributed by atoms with Crippen LogP contribution in [0.15, 0.2) is 0 Å². The number of piperidine rings is 1. The summed E-state index contributed by atoms with van der Waals surface area (Å²) >= 11 is 0. The summed E-state index contributed by atoms with van der Waals surface area (Å²) in [7, 11) is 0. The van der Waals surface area contributed by atoms with E-state index in [-0.39, 0.29) is 24.8 Å². The van der Waals surface area contributed by atoms with Crippen molar-refractivity contribution < 1.29 is 14.3 Å². The Morgan fingerprint density at radius 2 is 1.21 bits per heavy atom. The lowest BCUT2D eigenvalue weighted by atomic mass is 10.0. The number of hydrogen-bond donors (Lipinski definition) is 2. The van der Waals surface area contributed by atoms with Crippen molar-refractivity contribution in [1.29, 1.82) is 0 Å². The first-order valence-corrected chi connectivity index (χ1v) is 16.9. The van der Waals surface area contributed by atoms with Crippen molar-refractivity contribution in [1.82, 2.24) is 20.4 Å². The average molecular weight is 551 g/mol. The molecular formula is C32H62N4O3. The van der Waals surface area contributed by atoms with Crippen LogP contribution in [0.25, 0.3) is 0 Å². The van der Waals surface area contributed by atoms with E-state index in [1.54, 1.807) is 0 Å². The molecular weight excluding hydrogens is 488 g/mol. The maximum atomic E-state index is 12.8. The summed E-state index contributed by atoms with van der Waals surface area (Å²) in [5, 5.41) is 5.97. The molecule has 7 heteroatoms. The number of carbonyl (C=O) groups excluding carboxylic acids is 2. The van der Waals surface area contributed by atoms with Crippen molar-refractivity contribution >= 4 is 12.1 Å². The molecule has 7 nitrogen and oxygen atoms in total. The van der Waals surface area contributed by atoms with Gasteiger partial charge in [-0.05, 0) is 51.6 Å². The molecule has 0 radical (unpaired) electrons. The number of amides is 3. The molecule has 228 valence electrons. The molecule has 2 fully saturated rings. The Morgan fingerprint density at radius 3 is 1.79 bits per heavy atom. The molecule has 2 heterocycles. The van der Waals surface area contributed by atoms with Gasteiger partial charge >= 0.3 is 12.1 Å². The number of likely N-dealkylation sites (tertiary alicyclic amines) is 2. The zero-order valence-electron chi connectivity index (χ0n) is 25.5. The van der Waals surface area contributed by atoms with Gasteiger partial charge in [0, 0.05) is 26.2 Å². The monoisotopic (exact) mass is 550 g/mol. The molecule has 0 aromatic carbocycles. The van der Waals surface area contributed by atoms with Crippen LogP contribution in [0.2, 0.25) is 0 Å². The van der Waals surface area contributed by atoms with Gasteiger partial charge < -0.3 is 25.2 Å². The first-order chi connectivity index (χ1) is 19.2. The van der Waals surface area contributed by atoms with E-state index in [0.717, 1.165) is 58.4 Å². The van der Waals surface area contributed by atoms with Crippen LogP contribution in [0.1, 0.15) is 142 Å². The fourth-order valence-corrected chi connectivity index (χ4v) is 5.96. The van der Waals surface area contributed by atoms with Crippen LogP contribution in [0.4, 0.5) is 9.59 Å². The minimum atomic E-state index is -0.367. The summed E-state index contributed by atoms with van der Waals surface area (Å²) in [6.07, 6.45) is 26.8. The highest BCUT2D eigenvalue weighted by Gasteiger charge is 2.27. The van der Waals surface area contributed by atoms with Crippen molar-refractivity contribution in [3.63, 3.8) is 0 Å². The molecule has 2 saturated heterocycles. The molecule has 3 amide bonds. The second-order valence-corrected chi connectivity index (χ2v) is 12.0. The molecule has 2 N–H and O–H groups in total. The summed E-state index contributed by atoms with van der Waals surface area (Å²) < 4.78 is 5.47. The minimum Gasteiger partial charge on any atom is -0.447 e. The third-order valence-electron chi connectivity index (χ3n) is 8.50. The number of alkyl carbamates (subject to hydrolysis) is 1. The summed E-state index contributed by atoms with van der Waals surface area (Å²) in [6, 6.07) is -0.0208. The number of unbranched alkanes of at least 4 members (excludes halogenated alkanes) is 15. The third kappa shape index (κ3) is 17.0. The van der Waals surface area contributed by atoms with Crippen LogP contribution < -0.4 is 10.6 Å². The van der Waals surface area contributed by atoms with Gasteiger partial charge in [-0.3, -0.25) is 0 Å². The fourth-order valence-electron chi connectivity index (χ4n) is 5.96. The molecule has 0 aromatic rings. The molecule has 0 aliphatic carbocycles. The smallest absolute Gasteiger partial charge is 0.407 e. The first-order valence-electron chi connectivity index (χ1n) is 16.9. The van der Waals surface area contributed by atoms with E-state index in [2.05, 4.69) is 22.5 Å². The topological polar surface area (TPSA) is 73.9 Å². The van der Waals surface area contributed by atoms with Gasteiger partial charge in [0.15, 0.2) is 0 Å². The highest BCUT2D eigenvalue weighted by molar-refractivity contribution is 5.74. The lowest BCUT2D eigenvalue weighted by molar-refractivity contribution is 0.0826. The predicted octanol–water partition coefficient (Wildman–Crippen LogP) is 7.63. The lowest BCUT2D eigenvalue weighted by Gasteiger charge is -2.35. The first kappa shape index (κ1) is 33.7. The molecule has 0 aromatic heterocycles. The van der Waals surface area contributed by atoms with E-state index in [9.17, 15) is 9.59 Å². The van der Waals surface area contributed by atoms with Crippen molar-refractivity contribution in [2.45, 2.75) is 148 Å². The van der Waals surface area contributed by atoms with Gasteiger partial charge in [0.05, 0.1) is 6.04 Å². The summed E-state index contributed by atoms with van der Waals surface area (Å²) in [4.78, 5) is 29.1. The fraction of sp³-hybridized carbons (Fsp3) is 0.938. The van der Waals surface area contributed by atoms with Gasteiger partial charge in [0.1, 0.15) is 6.61 Å². The molecule has 1 unspecified atom stereocenters. The van der Waals surface area contributed by atoms with Gasteiger partial charge in [-0.2, -0.15) is 0 Å². The second-order valence-electron chi connectivity index (χ2n) is 12.0. The van der Waals surface area contributed by atoms with E-state index < -0.39 is 0 Å². The number of urea groups is 1. The third-order valence-corrected chi connectivity index (χ3v) is 8.50. The Kier molecular flexibility index (Phi) is 20.1. The number of carbonyl (C=O) groups is 2. The second kappa shape index (κ2) is 23.2. The highest BCUT2D eigenvalue weighted by Crippen LogP contribution is 2.18. The van der Waals surface area contributed by atoms with Crippen molar-refractivity contribution in [2.75, 3.05) is 45.9 Å². The molecule has 0 bridgehead atoms. The largest absolute Gasteiger partial charge is 0.447 e. The van der Waals surface area contributed by atoms with E-state index in [0.29, 0.717) is 6.54 Å². The summed E-state index contributed by atoms with van der Waals surface area (Å²) in [6.45, 7) is 7.80. The van der Waals surface area contributed by atoms with Gasteiger partial charge in [0.25, 0.3) is 0 Å². The van der Waals surface area contributed by atoms with E-state index >= 15 is 0 Å². The lowest BCUT2D eigenvalue weighted by Crippen LogP contribution is -2.51. The number of nitrogens with one attached hydrogen (secondary N) is 2. The van der Waals surface area contributed by atoms with Gasteiger partial charge in [-0.15, -0.1) is 0 Å². The normalized spacial score (nSPS) is 17.9. The molecule has 0 saturated carbocycles. The summed E-state index contributed by atoms with van der Waals surface area (Å²) in [5.74, 6) is 0. The number of ether oxygens (including phenoxy) is 1. The Bertz CT molecular complexity index is 612. The molecule has 0 spiro atoms. The Balaban J connectivity index is 1.40. The Hall–Kier alpha value is -1.50. The number of hydrogen-bond acceptors (Lipinski definition) is 4. The summed E-state index contributed by atoms with van der Waals surface area (Å²) in [5.41, 5.74) is 0. The average Bonchev–Trinajstić information content (AvgIpc) is 3.47. The maximum Gasteiger partial charge on any atom is 0.407 e. The van der Waals surface area contributed by atoms with E-state index in [4.69, 9.17) is 4.74 Å². The minimum absolute atomic E-state index is 0.00120. The number of nitrogens with zero attached hydrogens (tertiary/aromatic N) is 2. The molecule has 2 aliphatic rings. The van der Waals surface area contributed by atoms with Crippen LogP contribution in [-0.2, 0) is 4.74 Å².